The number of unbranched alkanes of at least 4 members (excludes halogenated alkanes) is 1. The van der Waals surface area contributed by atoms with Crippen LogP contribution in [-0.4, -0.2) is 31.7 Å². The summed E-state index contributed by atoms with van der Waals surface area (Å²) in [6.45, 7) is 2.90. The third kappa shape index (κ3) is 4.15. The topological polar surface area (TPSA) is 106 Å². The van der Waals surface area contributed by atoms with Crippen LogP contribution in [0.3, 0.4) is 0 Å². The number of benzene rings is 1. The number of rotatable bonds is 7. The van der Waals surface area contributed by atoms with E-state index in [4.69, 9.17) is 11.5 Å². The molecule has 118 valence electrons. The first kappa shape index (κ1) is 17.4. The molecule has 6 nitrogen and oxygen atoms in total. The number of carbonyl (C=O) groups is 1. The Morgan fingerprint density at radius 3 is 2.52 bits per heavy atom. The lowest BCUT2D eigenvalue weighted by molar-refractivity contribution is -0.118. The van der Waals surface area contributed by atoms with E-state index in [1.54, 1.807) is 0 Å². The van der Waals surface area contributed by atoms with Crippen molar-refractivity contribution < 1.29 is 17.6 Å². The smallest absolute Gasteiger partial charge is 0.246 e. The van der Waals surface area contributed by atoms with E-state index in [9.17, 15) is 17.6 Å². The van der Waals surface area contributed by atoms with E-state index in [0.29, 0.717) is 6.42 Å². The molecule has 1 rings (SSSR count). The summed E-state index contributed by atoms with van der Waals surface area (Å²) in [7, 11) is -4.17. The molecule has 0 heterocycles. The van der Waals surface area contributed by atoms with E-state index in [1.165, 1.54) is 13.0 Å². The molecule has 0 bridgehead atoms. The highest BCUT2D eigenvalue weighted by Crippen LogP contribution is 2.24. The molecule has 0 spiro atoms. The van der Waals surface area contributed by atoms with Crippen LogP contribution >= 0.6 is 0 Å². The van der Waals surface area contributed by atoms with Crippen LogP contribution in [-0.2, 0) is 14.8 Å². The van der Waals surface area contributed by atoms with Crippen LogP contribution in [0.15, 0.2) is 17.0 Å². The van der Waals surface area contributed by atoms with Crippen LogP contribution in [0.25, 0.3) is 0 Å². The van der Waals surface area contributed by atoms with Crippen molar-refractivity contribution in [1.29, 1.82) is 0 Å². The SMILES string of the molecule is CCCCN(CC(N)=O)S(=O)(=O)c1cc(N)cc(C)c1F. The Bertz CT molecular complexity index is 632. The van der Waals surface area contributed by atoms with Crippen LogP contribution in [0.5, 0.6) is 0 Å². The number of aryl methyl sites for hydroxylation is 1. The Hall–Kier alpha value is -1.67. The minimum absolute atomic E-state index is 0.0923. The lowest BCUT2D eigenvalue weighted by atomic mass is 10.2. The van der Waals surface area contributed by atoms with E-state index < -0.39 is 33.2 Å². The van der Waals surface area contributed by atoms with Gasteiger partial charge in [0.25, 0.3) is 0 Å². The molecule has 0 aliphatic rings. The maximum absolute atomic E-state index is 14.1. The average Bonchev–Trinajstić information content (AvgIpc) is 2.38. The summed E-state index contributed by atoms with van der Waals surface area (Å²) in [5, 5.41) is 0. The zero-order valence-corrected chi connectivity index (χ0v) is 12.9. The summed E-state index contributed by atoms with van der Waals surface area (Å²) in [6.07, 6.45) is 1.26. The summed E-state index contributed by atoms with van der Waals surface area (Å²) >= 11 is 0. The molecule has 0 aromatic heterocycles. The van der Waals surface area contributed by atoms with E-state index in [1.807, 2.05) is 6.92 Å². The molecular formula is C13H20FN3O3S. The van der Waals surface area contributed by atoms with Crippen LogP contribution < -0.4 is 11.5 Å². The number of anilines is 1. The van der Waals surface area contributed by atoms with Crippen molar-refractivity contribution >= 4 is 21.6 Å². The average molecular weight is 317 g/mol. The van der Waals surface area contributed by atoms with Crippen LogP contribution in [0.1, 0.15) is 25.3 Å². The Morgan fingerprint density at radius 2 is 2.00 bits per heavy atom. The predicted octanol–water partition coefficient (Wildman–Crippen LogP) is 0.992. The second-order valence-electron chi connectivity index (χ2n) is 4.81. The first-order valence-electron chi connectivity index (χ1n) is 6.54. The van der Waals surface area contributed by atoms with Gasteiger partial charge in [0.1, 0.15) is 10.7 Å². The molecular weight excluding hydrogens is 297 g/mol. The van der Waals surface area contributed by atoms with Gasteiger partial charge in [-0.2, -0.15) is 4.31 Å². The van der Waals surface area contributed by atoms with Crippen molar-refractivity contribution in [1.82, 2.24) is 4.31 Å². The lowest BCUT2D eigenvalue weighted by Crippen LogP contribution is -2.39. The number of sulfonamides is 1. The van der Waals surface area contributed by atoms with Crippen molar-refractivity contribution in [2.75, 3.05) is 18.8 Å². The quantitative estimate of drug-likeness (QED) is 0.731. The number of carbonyl (C=O) groups excluding carboxylic acids is 1. The van der Waals surface area contributed by atoms with Gasteiger partial charge >= 0.3 is 0 Å². The summed E-state index contributed by atoms with van der Waals surface area (Å²) < 4.78 is 40.0. The van der Waals surface area contributed by atoms with Crippen molar-refractivity contribution in [2.45, 2.75) is 31.6 Å². The monoisotopic (exact) mass is 317 g/mol. The second-order valence-corrected chi connectivity index (χ2v) is 6.71. The van der Waals surface area contributed by atoms with Crippen molar-refractivity contribution in [3.63, 3.8) is 0 Å². The summed E-state index contributed by atoms with van der Waals surface area (Å²) in [6, 6.07) is 2.40. The fraction of sp³-hybridized carbons (Fsp3) is 0.462. The minimum atomic E-state index is -4.17. The number of nitrogens with two attached hydrogens (primary N) is 2. The molecule has 0 fully saturated rings. The van der Waals surface area contributed by atoms with E-state index in [0.717, 1.165) is 16.8 Å². The molecule has 0 radical (unpaired) electrons. The molecule has 0 saturated carbocycles. The fourth-order valence-corrected chi connectivity index (χ4v) is 3.50. The van der Waals surface area contributed by atoms with Gasteiger partial charge in [0.15, 0.2) is 0 Å². The number of nitrogens with zero attached hydrogens (tertiary/aromatic N) is 1. The molecule has 1 amide bonds. The van der Waals surface area contributed by atoms with Gasteiger partial charge in [-0.15, -0.1) is 0 Å². The number of hydrogen-bond donors (Lipinski definition) is 2. The standard InChI is InChI=1S/C13H20FN3O3S/c1-3-4-5-17(8-12(16)18)21(19,20)11-7-10(15)6-9(2)13(11)14/h6-7H,3-5,8,15H2,1-2H3,(H2,16,18). The Balaban J connectivity index is 3.31. The molecule has 1 aromatic carbocycles. The normalized spacial score (nSPS) is 11.8. The second kappa shape index (κ2) is 6.86. The van der Waals surface area contributed by atoms with Crippen molar-refractivity contribution in [3.8, 4) is 0 Å². The zero-order valence-electron chi connectivity index (χ0n) is 12.1. The fourth-order valence-electron chi connectivity index (χ4n) is 1.88. The highest BCUT2D eigenvalue weighted by atomic mass is 32.2. The maximum atomic E-state index is 14.1. The Morgan fingerprint density at radius 1 is 1.38 bits per heavy atom. The first-order valence-corrected chi connectivity index (χ1v) is 7.98. The largest absolute Gasteiger partial charge is 0.399 e. The summed E-state index contributed by atoms with van der Waals surface area (Å²) in [5.74, 6) is -1.66. The number of halogens is 1. The number of amides is 1. The number of primary amides is 1. The van der Waals surface area contributed by atoms with E-state index in [2.05, 4.69) is 0 Å². The third-order valence-electron chi connectivity index (χ3n) is 2.95. The molecule has 21 heavy (non-hydrogen) atoms. The van der Waals surface area contributed by atoms with Crippen LogP contribution in [0.2, 0.25) is 0 Å². The summed E-state index contributed by atoms with van der Waals surface area (Å²) in [5.41, 5.74) is 10.9. The molecule has 0 atom stereocenters. The van der Waals surface area contributed by atoms with Gasteiger partial charge in [0.2, 0.25) is 15.9 Å². The van der Waals surface area contributed by atoms with Gasteiger partial charge in [0, 0.05) is 12.2 Å². The van der Waals surface area contributed by atoms with Crippen LogP contribution in [0.4, 0.5) is 10.1 Å². The van der Waals surface area contributed by atoms with E-state index in [-0.39, 0.29) is 17.8 Å². The number of nitrogen functional groups attached to an aromatic ring is 1. The van der Waals surface area contributed by atoms with Gasteiger partial charge in [-0.25, -0.2) is 12.8 Å². The molecule has 4 N–H and O–H groups in total. The van der Waals surface area contributed by atoms with Gasteiger partial charge in [0.05, 0.1) is 6.54 Å². The highest BCUT2D eigenvalue weighted by molar-refractivity contribution is 7.89. The summed E-state index contributed by atoms with van der Waals surface area (Å²) in [4.78, 5) is 10.5. The Labute approximate surface area is 124 Å². The molecule has 1 aromatic rings. The van der Waals surface area contributed by atoms with Crippen molar-refractivity contribution in [3.05, 3.63) is 23.5 Å². The third-order valence-corrected chi connectivity index (χ3v) is 4.80. The molecule has 8 heteroatoms. The van der Waals surface area contributed by atoms with Gasteiger partial charge in [-0.05, 0) is 31.0 Å². The molecule has 0 saturated heterocycles. The van der Waals surface area contributed by atoms with Gasteiger partial charge in [-0.1, -0.05) is 13.3 Å². The van der Waals surface area contributed by atoms with Crippen LogP contribution in [0, 0.1) is 12.7 Å². The molecule has 0 aliphatic carbocycles. The van der Waals surface area contributed by atoms with E-state index >= 15 is 0 Å². The predicted molar refractivity (Wildman–Crippen MR) is 78.4 cm³/mol. The molecule has 0 aliphatic heterocycles. The lowest BCUT2D eigenvalue weighted by Gasteiger charge is -2.21. The van der Waals surface area contributed by atoms with Crippen molar-refractivity contribution in [2.24, 2.45) is 5.73 Å². The molecule has 0 unspecified atom stereocenters. The number of hydrogen-bond acceptors (Lipinski definition) is 4. The Kier molecular flexibility index (Phi) is 5.68. The zero-order chi connectivity index (χ0) is 16.2. The van der Waals surface area contributed by atoms with Gasteiger partial charge in [-0.3, -0.25) is 4.79 Å². The van der Waals surface area contributed by atoms with Gasteiger partial charge < -0.3 is 11.5 Å². The minimum Gasteiger partial charge on any atom is -0.399 e. The highest BCUT2D eigenvalue weighted by Gasteiger charge is 2.29. The maximum Gasteiger partial charge on any atom is 0.246 e. The first-order chi connectivity index (χ1) is 9.70.